The zero-order valence-corrected chi connectivity index (χ0v) is 8.47. The number of aromatic nitrogens is 3. The van der Waals surface area contributed by atoms with Gasteiger partial charge in [0, 0.05) is 0 Å². The fraction of sp³-hybridized carbons (Fsp3) is 0.200. The van der Waals surface area contributed by atoms with Crippen LogP contribution in [0.25, 0.3) is 5.69 Å². The molecule has 2 aromatic rings. The van der Waals surface area contributed by atoms with Crippen LogP contribution in [0.1, 0.15) is 5.82 Å². The molecule has 0 aliphatic carbocycles. The van der Waals surface area contributed by atoms with Gasteiger partial charge in [0.1, 0.15) is 0 Å². The Morgan fingerprint density at radius 1 is 1.25 bits per heavy atom. The van der Waals surface area contributed by atoms with Crippen molar-refractivity contribution in [2.45, 2.75) is 13.5 Å². The molecule has 0 atom stereocenters. The van der Waals surface area contributed by atoms with Crippen LogP contribution in [0.15, 0.2) is 30.3 Å². The number of nitrogens with zero attached hydrogens (tertiary/aromatic N) is 3. The maximum Gasteiger partial charge on any atom is 0.389 e. The first-order valence-electron chi connectivity index (χ1n) is 4.60. The van der Waals surface area contributed by atoms with Crippen LogP contribution >= 0.6 is 0 Å². The summed E-state index contributed by atoms with van der Waals surface area (Å²) in [6.45, 7) is -1.30. The van der Waals surface area contributed by atoms with E-state index in [-0.39, 0.29) is 6.01 Å². The third kappa shape index (κ3) is 2.16. The van der Waals surface area contributed by atoms with Crippen molar-refractivity contribution in [3.8, 4) is 11.7 Å². The van der Waals surface area contributed by atoms with E-state index in [1.165, 1.54) is 4.68 Å². The number of para-hydroxylation sites is 1. The number of ether oxygens (including phenoxy) is 1. The topological polar surface area (TPSA) is 39.9 Å². The predicted octanol–water partition coefficient (Wildman–Crippen LogP) is 2.18. The van der Waals surface area contributed by atoms with E-state index in [1.807, 2.05) is 6.07 Å². The lowest BCUT2D eigenvalue weighted by atomic mass is 10.3. The van der Waals surface area contributed by atoms with Gasteiger partial charge in [0.2, 0.25) is 0 Å². The molecule has 0 saturated heterocycles. The standard InChI is InChI=1S/C10H9F2N3O/c1-7-13-10(16-9(11)12)15(14-7)8-5-3-2-4-6-8/h2-6,9H,1H3. The minimum atomic E-state index is -2.91. The van der Waals surface area contributed by atoms with E-state index in [2.05, 4.69) is 14.8 Å². The number of hydrogen-bond donors (Lipinski definition) is 0. The van der Waals surface area contributed by atoms with Crippen LogP contribution in [0.4, 0.5) is 8.78 Å². The van der Waals surface area contributed by atoms with E-state index < -0.39 is 6.61 Å². The lowest BCUT2D eigenvalue weighted by Crippen LogP contribution is -2.08. The van der Waals surface area contributed by atoms with Crippen molar-refractivity contribution in [1.29, 1.82) is 0 Å². The monoisotopic (exact) mass is 225 g/mol. The lowest BCUT2D eigenvalue weighted by molar-refractivity contribution is -0.0574. The molecule has 6 heteroatoms. The van der Waals surface area contributed by atoms with Crippen molar-refractivity contribution in [3.63, 3.8) is 0 Å². The summed E-state index contributed by atoms with van der Waals surface area (Å²) in [6, 6.07) is 8.62. The molecule has 0 aliphatic heterocycles. The minimum absolute atomic E-state index is 0.210. The van der Waals surface area contributed by atoms with Crippen LogP contribution in [0.2, 0.25) is 0 Å². The van der Waals surface area contributed by atoms with Crippen LogP contribution in [-0.2, 0) is 0 Å². The SMILES string of the molecule is Cc1nc(OC(F)F)n(-c2ccccc2)n1. The Hall–Kier alpha value is -1.98. The zero-order chi connectivity index (χ0) is 11.5. The molecule has 0 unspecified atom stereocenters. The molecule has 0 radical (unpaired) electrons. The van der Waals surface area contributed by atoms with Crippen LogP contribution in [-0.4, -0.2) is 21.4 Å². The van der Waals surface area contributed by atoms with Crippen molar-refractivity contribution in [2.75, 3.05) is 0 Å². The van der Waals surface area contributed by atoms with E-state index in [9.17, 15) is 8.78 Å². The summed E-state index contributed by atoms with van der Waals surface area (Å²) < 4.78 is 29.8. The molecule has 0 amide bonds. The molecule has 2 rings (SSSR count). The summed E-state index contributed by atoms with van der Waals surface area (Å²) in [5.41, 5.74) is 0.624. The molecular weight excluding hydrogens is 216 g/mol. The van der Waals surface area contributed by atoms with Crippen molar-refractivity contribution in [3.05, 3.63) is 36.2 Å². The van der Waals surface area contributed by atoms with Gasteiger partial charge in [-0.2, -0.15) is 18.4 Å². The van der Waals surface area contributed by atoms with Gasteiger partial charge in [-0.3, -0.25) is 0 Å². The highest BCUT2D eigenvalue weighted by Gasteiger charge is 2.14. The van der Waals surface area contributed by atoms with Crippen LogP contribution in [0, 0.1) is 6.92 Å². The van der Waals surface area contributed by atoms with Gasteiger partial charge in [-0.15, -0.1) is 5.10 Å². The van der Waals surface area contributed by atoms with Gasteiger partial charge in [-0.05, 0) is 19.1 Å². The van der Waals surface area contributed by atoms with Crippen molar-refractivity contribution >= 4 is 0 Å². The number of aryl methyl sites for hydroxylation is 1. The molecule has 4 nitrogen and oxygen atoms in total. The fourth-order valence-corrected chi connectivity index (χ4v) is 1.29. The van der Waals surface area contributed by atoms with Crippen LogP contribution < -0.4 is 4.74 Å². The summed E-state index contributed by atoms with van der Waals surface area (Å²) in [5.74, 6) is 0.375. The average Bonchev–Trinajstić information content (AvgIpc) is 2.60. The van der Waals surface area contributed by atoms with Gasteiger partial charge in [0.05, 0.1) is 5.69 Å². The van der Waals surface area contributed by atoms with Crippen LogP contribution in [0.5, 0.6) is 6.01 Å². The first kappa shape index (κ1) is 10.5. The van der Waals surface area contributed by atoms with Gasteiger partial charge in [-0.25, -0.2) is 0 Å². The Labute approximate surface area is 90.5 Å². The smallest absolute Gasteiger partial charge is 0.389 e. The van der Waals surface area contributed by atoms with Crippen molar-refractivity contribution in [2.24, 2.45) is 0 Å². The highest BCUT2D eigenvalue weighted by Crippen LogP contribution is 2.17. The number of hydrogen-bond acceptors (Lipinski definition) is 3. The van der Waals surface area contributed by atoms with Gasteiger partial charge in [0.25, 0.3) is 0 Å². The van der Waals surface area contributed by atoms with Crippen molar-refractivity contribution in [1.82, 2.24) is 14.8 Å². The van der Waals surface area contributed by atoms with E-state index in [1.54, 1.807) is 31.2 Å². The molecule has 1 aromatic carbocycles. The molecule has 0 spiro atoms. The van der Waals surface area contributed by atoms with E-state index in [0.717, 1.165) is 0 Å². The summed E-state index contributed by atoms with van der Waals surface area (Å²) in [5, 5.41) is 3.98. The molecule has 0 aliphatic rings. The molecule has 0 saturated carbocycles. The third-order valence-corrected chi connectivity index (χ3v) is 1.88. The first-order valence-corrected chi connectivity index (χ1v) is 4.60. The first-order chi connectivity index (χ1) is 7.66. The molecule has 16 heavy (non-hydrogen) atoms. The minimum Gasteiger partial charge on any atom is -0.401 e. The Morgan fingerprint density at radius 2 is 1.94 bits per heavy atom. The van der Waals surface area contributed by atoms with Gasteiger partial charge >= 0.3 is 12.6 Å². The second kappa shape index (κ2) is 4.26. The second-order valence-corrected chi connectivity index (χ2v) is 3.07. The number of alkyl halides is 2. The maximum absolute atomic E-state index is 12.1. The van der Waals surface area contributed by atoms with Crippen molar-refractivity contribution < 1.29 is 13.5 Å². The molecule has 0 N–H and O–H groups in total. The normalized spacial score (nSPS) is 10.8. The Balaban J connectivity index is 2.40. The highest BCUT2D eigenvalue weighted by molar-refractivity contribution is 5.32. The number of halogens is 2. The quantitative estimate of drug-likeness (QED) is 0.803. The average molecular weight is 225 g/mol. The molecule has 0 fully saturated rings. The molecule has 1 heterocycles. The summed E-state index contributed by atoms with van der Waals surface area (Å²) in [7, 11) is 0. The lowest BCUT2D eigenvalue weighted by Gasteiger charge is -2.05. The number of rotatable bonds is 3. The van der Waals surface area contributed by atoms with Gasteiger partial charge in [0.15, 0.2) is 5.82 Å². The zero-order valence-electron chi connectivity index (χ0n) is 8.47. The summed E-state index contributed by atoms with van der Waals surface area (Å²) >= 11 is 0. The molecule has 0 bridgehead atoms. The maximum atomic E-state index is 12.1. The van der Waals surface area contributed by atoms with E-state index in [0.29, 0.717) is 11.5 Å². The Kier molecular flexibility index (Phi) is 2.80. The molecule has 1 aromatic heterocycles. The predicted molar refractivity (Wildman–Crippen MR) is 52.7 cm³/mol. The van der Waals surface area contributed by atoms with Crippen LogP contribution in [0.3, 0.4) is 0 Å². The summed E-state index contributed by atoms with van der Waals surface area (Å²) in [6.07, 6.45) is 0. The van der Waals surface area contributed by atoms with E-state index >= 15 is 0 Å². The molecule has 84 valence electrons. The Morgan fingerprint density at radius 3 is 2.56 bits per heavy atom. The third-order valence-electron chi connectivity index (χ3n) is 1.88. The second-order valence-electron chi connectivity index (χ2n) is 3.07. The van der Waals surface area contributed by atoms with Gasteiger partial charge in [-0.1, -0.05) is 18.2 Å². The summed E-state index contributed by atoms with van der Waals surface area (Å²) in [4.78, 5) is 3.78. The number of benzene rings is 1. The van der Waals surface area contributed by atoms with Gasteiger partial charge < -0.3 is 4.74 Å². The highest BCUT2D eigenvalue weighted by atomic mass is 19.3. The molecular formula is C10H9F2N3O. The fourth-order valence-electron chi connectivity index (χ4n) is 1.29. The Bertz CT molecular complexity index is 470. The largest absolute Gasteiger partial charge is 0.401 e. The van der Waals surface area contributed by atoms with E-state index in [4.69, 9.17) is 0 Å².